The molecular formula is H12ClEuO6+. The Morgan fingerprint density at radius 2 is 0.375 bits per heavy atom. The molecule has 0 aliphatic carbocycles. The molecule has 8 heavy (non-hydrogen) atoms. The largest absolute Gasteiger partial charge is 2.00 e. The van der Waals surface area contributed by atoms with Crippen molar-refractivity contribution in [1.29, 1.82) is 0 Å². The smallest absolute Gasteiger partial charge is 1.00 e. The van der Waals surface area contributed by atoms with Crippen LogP contribution in [0, 0.1) is 49.4 Å². The van der Waals surface area contributed by atoms with Crippen LogP contribution in [-0.4, -0.2) is 32.9 Å². The van der Waals surface area contributed by atoms with Gasteiger partial charge in [-0.25, -0.2) is 0 Å². The summed E-state index contributed by atoms with van der Waals surface area (Å²) in [7, 11) is 0. The molecule has 0 spiro atoms. The average Bonchev–Trinajstić information content (AvgIpc) is 0. The van der Waals surface area contributed by atoms with E-state index in [2.05, 4.69) is 0 Å². The minimum atomic E-state index is 0. The van der Waals surface area contributed by atoms with E-state index < -0.39 is 0 Å². The molecule has 12 N–H and O–H groups in total. The minimum Gasteiger partial charge on any atom is -1.00 e. The third-order valence-corrected chi connectivity index (χ3v) is 0. The van der Waals surface area contributed by atoms with Crippen LogP contribution in [-0.2, 0) is 0 Å². The van der Waals surface area contributed by atoms with E-state index in [0.717, 1.165) is 0 Å². The van der Waals surface area contributed by atoms with E-state index in [1.807, 2.05) is 0 Å². The van der Waals surface area contributed by atoms with Crippen LogP contribution in [0.25, 0.3) is 0 Å². The van der Waals surface area contributed by atoms with E-state index in [4.69, 9.17) is 0 Å². The Bertz CT molecular complexity index is 8.49. The van der Waals surface area contributed by atoms with E-state index in [-0.39, 0.29) is 94.6 Å². The fraction of sp³-hybridized carbons (Fsp3) is 0. The molecule has 6 nitrogen and oxygen atoms in total. The Labute approximate surface area is 93.4 Å². The quantitative estimate of drug-likeness (QED) is 0.410. The van der Waals surface area contributed by atoms with Gasteiger partial charge in [-0.2, -0.15) is 0 Å². The number of halogens is 1. The fourth-order valence-electron chi connectivity index (χ4n) is 0. The van der Waals surface area contributed by atoms with Gasteiger partial charge in [0.25, 0.3) is 0 Å². The van der Waals surface area contributed by atoms with E-state index in [1.54, 1.807) is 0 Å². The van der Waals surface area contributed by atoms with E-state index in [1.165, 1.54) is 0 Å². The van der Waals surface area contributed by atoms with Crippen LogP contribution in [0.4, 0.5) is 0 Å². The summed E-state index contributed by atoms with van der Waals surface area (Å²) in [6.45, 7) is 0. The zero-order valence-electron chi connectivity index (χ0n) is 3.76. The molecule has 0 saturated heterocycles. The number of hydrogen-bond donors (Lipinski definition) is 0. The summed E-state index contributed by atoms with van der Waals surface area (Å²) in [6.07, 6.45) is 0. The predicted molar refractivity (Wildman–Crippen MR) is 21.7 cm³/mol. The zero-order valence-corrected chi connectivity index (χ0v) is 6.94. The maximum Gasteiger partial charge on any atom is 2.00 e. The summed E-state index contributed by atoms with van der Waals surface area (Å²) in [6, 6.07) is 0. The predicted octanol–water partition coefficient (Wildman–Crippen LogP) is -7.94. The molecule has 0 rings (SSSR count). The third-order valence-electron chi connectivity index (χ3n) is 0. The van der Waals surface area contributed by atoms with Crippen LogP contribution in [0.5, 0.6) is 0 Å². The summed E-state index contributed by atoms with van der Waals surface area (Å²) >= 11 is 0. The van der Waals surface area contributed by atoms with E-state index in [0.29, 0.717) is 0 Å². The molecule has 0 aliphatic rings. The fourth-order valence-corrected chi connectivity index (χ4v) is 0. The maximum absolute atomic E-state index is 0. The summed E-state index contributed by atoms with van der Waals surface area (Å²) in [4.78, 5) is 0. The molecule has 0 saturated carbocycles. The standard InChI is InChI=1S/ClH.Eu.6H2O/h1H;;6*1H2/q;+2;;;;;;/p-1. The first-order chi connectivity index (χ1) is 0. The van der Waals surface area contributed by atoms with Crippen LogP contribution in [0.15, 0.2) is 0 Å². The van der Waals surface area contributed by atoms with Crippen LogP contribution in [0.3, 0.4) is 0 Å². The molecule has 0 bridgehead atoms. The van der Waals surface area contributed by atoms with Crippen LogP contribution in [0.1, 0.15) is 0 Å². The molecule has 1 radical (unpaired) electrons. The van der Waals surface area contributed by atoms with Crippen molar-refractivity contribution >= 4 is 0 Å². The zero-order chi connectivity index (χ0) is 0. The summed E-state index contributed by atoms with van der Waals surface area (Å²) < 4.78 is 0. The normalized spacial score (nSPS) is 0. The first-order valence-corrected chi connectivity index (χ1v) is 0. The SMILES string of the molecule is O.O.O.O.O.O.[Cl-].[Eu+2]. The molecule has 0 unspecified atom stereocenters. The molecule has 0 heterocycles. The summed E-state index contributed by atoms with van der Waals surface area (Å²) in [5, 5.41) is 0. The van der Waals surface area contributed by atoms with Crippen molar-refractivity contribution in [3.63, 3.8) is 0 Å². The van der Waals surface area contributed by atoms with Gasteiger partial charge in [-0.3, -0.25) is 0 Å². The van der Waals surface area contributed by atoms with Crippen molar-refractivity contribution in [1.82, 2.24) is 0 Å². The van der Waals surface area contributed by atoms with Crippen molar-refractivity contribution in [3.05, 3.63) is 0 Å². The molecule has 0 aromatic carbocycles. The Morgan fingerprint density at radius 1 is 0.375 bits per heavy atom. The van der Waals surface area contributed by atoms with Crippen molar-refractivity contribution in [2.45, 2.75) is 0 Å². The van der Waals surface area contributed by atoms with Gasteiger partial charge in [0, 0.05) is 0 Å². The molecule has 0 aliphatic heterocycles. The van der Waals surface area contributed by atoms with E-state index >= 15 is 0 Å². The molecule has 0 amide bonds. The third kappa shape index (κ3) is 126. The van der Waals surface area contributed by atoms with Crippen LogP contribution in [0.2, 0.25) is 0 Å². The second-order valence-corrected chi connectivity index (χ2v) is 0. The van der Waals surface area contributed by atoms with Crippen LogP contribution >= 0.6 is 0 Å². The second-order valence-electron chi connectivity index (χ2n) is 0. The molecule has 8 heteroatoms. The maximum atomic E-state index is 0. The molecular weight excluding hydrogens is 283 g/mol. The minimum absolute atomic E-state index is 0. The first kappa shape index (κ1) is 269. The van der Waals surface area contributed by atoms with Gasteiger partial charge in [0.2, 0.25) is 0 Å². The van der Waals surface area contributed by atoms with Gasteiger partial charge in [-0.1, -0.05) is 0 Å². The van der Waals surface area contributed by atoms with Crippen LogP contribution < -0.4 is 12.4 Å². The molecule has 61 valence electrons. The van der Waals surface area contributed by atoms with E-state index in [9.17, 15) is 0 Å². The average molecular weight is 296 g/mol. The molecule has 0 fully saturated rings. The number of rotatable bonds is 0. The van der Waals surface area contributed by atoms with Gasteiger partial charge in [0.15, 0.2) is 0 Å². The Hall–Kier alpha value is 1.63. The monoisotopic (exact) mass is 296 g/mol. The van der Waals surface area contributed by atoms with Gasteiger partial charge in [-0.05, 0) is 0 Å². The first-order valence-electron chi connectivity index (χ1n) is 0. The molecule has 0 aromatic heterocycles. The van der Waals surface area contributed by atoms with Gasteiger partial charge in [0.1, 0.15) is 0 Å². The van der Waals surface area contributed by atoms with Crippen molar-refractivity contribution in [2.75, 3.05) is 0 Å². The topological polar surface area (TPSA) is 189 Å². The summed E-state index contributed by atoms with van der Waals surface area (Å²) in [5.74, 6) is 0. The van der Waals surface area contributed by atoms with Gasteiger partial charge < -0.3 is 45.3 Å². The summed E-state index contributed by atoms with van der Waals surface area (Å²) in [5.41, 5.74) is 0. The van der Waals surface area contributed by atoms with Crippen molar-refractivity contribution in [3.8, 4) is 0 Å². The van der Waals surface area contributed by atoms with Gasteiger partial charge >= 0.3 is 49.4 Å². The number of hydrogen-bond acceptors (Lipinski definition) is 0. The Morgan fingerprint density at radius 3 is 0.375 bits per heavy atom. The Kier molecular flexibility index (Phi) is 6330. The van der Waals surface area contributed by atoms with Gasteiger partial charge in [-0.15, -0.1) is 0 Å². The molecule has 0 aromatic rings. The van der Waals surface area contributed by atoms with Gasteiger partial charge in [0.05, 0.1) is 0 Å². The second kappa shape index (κ2) is 188. The molecule has 0 atom stereocenters. The van der Waals surface area contributed by atoms with Crippen molar-refractivity contribution in [2.24, 2.45) is 0 Å². The van der Waals surface area contributed by atoms with Crippen molar-refractivity contribution < 1.29 is 94.6 Å². The Balaban J connectivity index is 0.